The molecule has 372 valence electrons. The van der Waals surface area contributed by atoms with E-state index >= 15 is 4.79 Å². The normalized spacial score (nSPS) is 20.3. The first kappa shape index (κ1) is 53.1. The third-order valence-corrected chi connectivity index (χ3v) is 13.0. The average molecular weight is 996 g/mol. The van der Waals surface area contributed by atoms with Gasteiger partial charge in [-0.25, -0.2) is 4.98 Å². The Hall–Kier alpha value is -6.26. The van der Waals surface area contributed by atoms with Crippen molar-refractivity contribution >= 4 is 52.7 Å². The van der Waals surface area contributed by atoms with Gasteiger partial charge in [-0.2, -0.15) is 0 Å². The summed E-state index contributed by atoms with van der Waals surface area (Å²) in [6, 6.07) is 25.6. The molecule has 5 aromatic rings. The third kappa shape index (κ3) is 14.2. The zero-order valence-electron chi connectivity index (χ0n) is 41.2. The third-order valence-electron chi connectivity index (χ3n) is 12.5. The predicted molar refractivity (Wildman–Crippen MR) is 271 cm³/mol. The minimum atomic E-state index is -1.19. The highest BCUT2D eigenvalue weighted by molar-refractivity contribution is 6.31. The molecule has 1 fully saturated rings. The Morgan fingerprint density at radius 3 is 2.13 bits per heavy atom. The number of benzene rings is 4. The quantitative estimate of drug-likeness (QED) is 0.130. The van der Waals surface area contributed by atoms with E-state index in [0.717, 1.165) is 28.2 Å². The van der Waals surface area contributed by atoms with E-state index in [9.17, 15) is 19.2 Å². The molecule has 15 nitrogen and oxygen atoms in total. The molecule has 2 heterocycles. The van der Waals surface area contributed by atoms with Gasteiger partial charge in [-0.3, -0.25) is 24.0 Å². The maximum atomic E-state index is 15.0. The first-order valence-corrected chi connectivity index (χ1v) is 24.1. The number of likely N-dealkylation sites (N-methyl/N-ethyl adjacent to an activating group) is 2. The average Bonchev–Trinajstić information content (AvgIpc) is 3.68. The number of carbonyl (C=O) groups excluding carboxylic acids is 5. The zero-order chi connectivity index (χ0) is 50.6. The molecule has 0 spiro atoms. The minimum absolute atomic E-state index is 0.0756. The number of rotatable bonds is 13. The number of hydrogen-bond acceptors (Lipinski definition) is 9. The molecular formula is C53H64Cl2N8O7. The van der Waals surface area contributed by atoms with E-state index in [1.165, 1.54) is 21.8 Å². The summed E-state index contributed by atoms with van der Waals surface area (Å²) in [7, 11) is 10.6. The summed E-state index contributed by atoms with van der Waals surface area (Å²) in [5, 5.41) is 6.80. The van der Waals surface area contributed by atoms with Crippen molar-refractivity contribution in [2.24, 2.45) is 13.0 Å². The van der Waals surface area contributed by atoms with Gasteiger partial charge in [0.2, 0.25) is 29.5 Å². The van der Waals surface area contributed by atoms with Crippen LogP contribution in [0.3, 0.4) is 0 Å². The van der Waals surface area contributed by atoms with Gasteiger partial charge in [0, 0.05) is 80.9 Å². The molecule has 0 bridgehead atoms. The molecule has 5 atom stereocenters. The van der Waals surface area contributed by atoms with E-state index in [1.807, 2.05) is 98.6 Å². The molecule has 5 amide bonds. The van der Waals surface area contributed by atoms with Crippen LogP contribution in [-0.4, -0.2) is 131 Å². The number of amides is 5. The molecule has 0 unspecified atom stereocenters. The Morgan fingerprint density at radius 2 is 1.46 bits per heavy atom. The molecule has 0 aliphatic carbocycles. The lowest BCUT2D eigenvalue weighted by Crippen LogP contribution is -2.57. The van der Waals surface area contributed by atoms with Crippen LogP contribution < -0.4 is 15.4 Å². The number of halogens is 2. The molecule has 1 aromatic heterocycles. The van der Waals surface area contributed by atoms with E-state index in [4.69, 9.17) is 32.7 Å². The SMILES string of the molecule is COC[C@@H]1NC(=O)[C@H](C)N(Cc2ccc(Cl)cc2Oc2ccc(-c3cnc(CN(C)C)n3C)cc2)C(=O)C[C@@H](Cc2ccccc2)C(=O)N(C)C[C@H](C)NC(=O)C[C@H](Cc2ccc(Cl)cc2)N(C)C1=O. The van der Waals surface area contributed by atoms with Crippen molar-refractivity contribution in [3.8, 4) is 22.8 Å². The molecule has 70 heavy (non-hydrogen) atoms. The predicted octanol–water partition coefficient (Wildman–Crippen LogP) is 6.78. The van der Waals surface area contributed by atoms with Crippen LogP contribution in [0.2, 0.25) is 10.0 Å². The largest absolute Gasteiger partial charge is 0.457 e. The van der Waals surface area contributed by atoms with Crippen LogP contribution in [0.1, 0.15) is 49.2 Å². The van der Waals surface area contributed by atoms with Crippen molar-refractivity contribution in [2.45, 2.75) is 76.8 Å². The van der Waals surface area contributed by atoms with Crippen molar-refractivity contribution < 1.29 is 33.4 Å². The topological polar surface area (TPSA) is 159 Å². The smallest absolute Gasteiger partial charge is 0.247 e. The Balaban J connectivity index is 1.36. The molecule has 1 saturated heterocycles. The lowest BCUT2D eigenvalue weighted by molar-refractivity contribution is -0.146. The second kappa shape index (κ2) is 24.5. The van der Waals surface area contributed by atoms with Crippen molar-refractivity contribution in [2.75, 3.05) is 48.5 Å². The summed E-state index contributed by atoms with van der Waals surface area (Å²) < 4.78 is 14.0. The van der Waals surface area contributed by atoms with Gasteiger partial charge >= 0.3 is 0 Å². The van der Waals surface area contributed by atoms with Gasteiger partial charge in [0.05, 0.1) is 37.5 Å². The van der Waals surface area contributed by atoms with Crippen LogP contribution in [0.5, 0.6) is 11.5 Å². The number of carbonyl (C=O) groups is 5. The number of methoxy groups -OCH3 is 1. The summed E-state index contributed by atoms with van der Waals surface area (Å²) in [6.45, 7) is 3.89. The van der Waals surface area contributed by atoms with Gasteiger partial charge in [-0.1, -0.05) is 71.7 Å². The Bertz CT molecular complexity index is 2590. The van der Waals surface area contributed by atoms with Gasteiger partial charge in [-0.15, -0.1) is 0 Å². The minimum Gasteiger partial charge on any atom is -0.457 e. The highest BCUT2D eigenvalue weighted by atomic mass is 35.5. The second-order valence-electron chi connectivity index (χ2n) is 18.4. The van der Waals surface area contributed by atoms with Crippen molar-refractivity contribution in [3.05, 3.63) is 136 Å². The van der Waals surface area contributed by atoms with Crippen LogP contribution in [0.25, 0.3) is 11.3 Å². The maximum Gasteiger partial charge on any atom is 0.247 e. The van der Waals surface area contributed by atoms with E-state index in [2.05, 4.69) is 20.5 Å². The van der Waals surface area contributed by atoms with E-state index in [0.29, 0.717) is 40.1 Å². The molecule has 1 aliphatic heterocycles. The van der Waals surface area contributed by atoms with Crippen molar-refractivity contribution in [1.29, 1.82) is 0 Å². The lowest BCUT2D eigenvalue weighted by atomic mass is 9.93. The molecule has 1 aliphatic rings. The Labute approximate surface area is 421 Å². The van der Waals surface area contributed by atoms with Crippen LogP contribution in [0.4, 0.5) is 0 Å². The summed E-state index contributed by atoms with van der Waals surface area (Å²) in [5.41, 5.74) is 4.09. The van der Waals surface area contributed by atoms with Crippen LogP contribution in [0, 0.1) is 5.92 Å². The molecule has 17 heteroatoms. The summed E-state index contributed by atoms with van der Waals surface area (Å²) in [4.78, 5) is 83.4. The first-order chi connectivity index (χ1) is 33.4. The molecule has 0 saturated carbocycles. The molecular weight excluding hydrogens is 932 g/mol. The lowest BCUT2D eigenvalue weighted by Gasteiger charge is -2.35. The summed E-state index contributed by atoms with van der Waals surface area (Å²) in [6.07, 6.45) is 2.03. The van der Waals surface area contributed by atoms with Crippen LogP contribution in [0.15, 0.2) is 103 Å². The highest BCUT2D eigenvalue weighted by Gasteiger charge is 2.36. The highest BCUT2D eigenvalue weighted by Crippen LogP contribution is 2.32. The van der Waals surface area contributed by atoms with Crippen LogP contribution >= 0.6 is 23.2 Å². The first-order valence-electron chi connectivity index (χ1n) is 23.3. The molecule has 4 aromatic carbocycles. The summed E-state index contributed by atoms with van der Waals surface area (Å²) in [5.74, 6) is -1.34. The molecule has 2 N–H and O–H groups in total. The monoisotopic (exact) mass is 994 g/mol. The van der Waals surface area contributed by atoms with Gasteiger partial charge in [0.15, 0.2) is 0 Å². The van der Waals surface area contributed by atoms with Gasteiger partial charge < -0.3 is 44.3 Å². The van der Waals surface area contributed by atoms with Gasteiger partial charge in [0.1, 0.15) is 29.4 Å². The Kier molecular flexibility index (Phi) is 18.6. The zero-order valence-corrected chi connectivity index (χ0v) is 42.7. The Morgan fingerprint density at radius 1 is 0.786 bits per heavy atom. The van der Waals surface area contributed by atoms with Gasteiger partial charge in [-0.05, 0) is 100 Å². The standard InChI is InChI=1S/C53H64Cl2N8O7/c1-34-30-60(5)52(67)40(24-36-12-10-9-11-13-36)26-50(65)63(31-39-16-21-42(55)27-47(39)70-44-22-17-38(18-23-44)46-29-56-48(62(46)7)32-59(3)4)35(2)51(66)58-45(33-69-8)53(68)61(6)43(28-49(64)57-34)25-37-14-19-41(54)20-15-37/h9-23,27,29,34-35,40,43,45H,24-26,28,30-33H2,1-8H3,(H,57,64)(H,58,66)/t34-,35-,40+,43-,45-/m0/s1. The number of imidazole rings is 1. The fourth-order valence-corrected chi connectivity index (χ4v) is 8.95. The van der Waals surface area contributed by atoms with Crippen molar-refractivity contribution in [1.82, 2.24) is 39.8 Å². The number of hydrogen-bond donors (Lipinski definition) is 2. The van der Waals surface area contributed by atoms with Crippen molar-refractivity contribution in [3.63, 3.8) is 0 Å². The second-order valence-corrected chi connectivity index (χ2v) is 19.2. The number of nitrogens with one attached hydrogen (secondary N) is 2. The number of aromatic nitrogens is 2. The molecule has 0 radical (unpaired) electrons. The fraction of sp³-hybridized carbons (Fsp3) is 0.396. The van der Waals surface area contributed by atoms with E-state index in [1.54, 1.807) is 58.3 Å². The molecule has 6 rings (SSSR count). The van der Waals surface area contributed by atoms with Gasteiger partial charge in [0.25, 0.3) is 0 Å². The fourth-order valence-electron chi connectivity index (χ4n) is 8.66. The maximum absolute atomic E-state index is 15.0. The van der Waals surface area contributed by atoms with E-state index < -0.39 is 47.8 Å². The van der Waals surface area contributed by atoms with E-state index in [-0.39, 0.29) is 50.8 Å². The number of nitrogens with zero attached hydrogens (tertiary/aromatic N) is 6. The number of ether oxygens (including phenoxy) is 2. The van der Waals surface area contributed by atoms with Crippen LogP contribution in [-0.2, 0) is 61.7 Å². The summed E-state index contributed by atoms with van der Waals surface area (Å²) >= 11 is 12.8.